The molecule has 0 N–H and O–H groups in total. The fourth-order valence-corrected chi connectivity index (χ4v) is 1.98. The first-order chi connectivity index (χ1) is 9.19. The third-order valence-corrected chi connectivity index (χ3v) is 2.70. The van der Waals surface area contributed by atoms with E-state index in [2.05, 4.69) is 10.1 Å². The van der Waals surface area contributed by atoms with Crippen molar-refractivity contribution < 1.29 is 9.53 Å². The number of aryl methyl sites for hydroxylation is 2. The number of ether oxygens (including phenoxy) is 1. The van der Waals surface area contributed by atoms with Gasteiger partial charge >= 0.3 is 5.97 Å². The molecular formula is C13H18N4O3. The van der Waals surface area contributed by atoms with Gasteiger partial charge in [0.15, 0.2) is 5.52 Å². The summed E-state index contributed by atoms with van der Waals surface area (Å²) in [7, 11) is 1.68. The van der Waals surface area contributed by atoms with Crippen molar-refractivity contribution in [1.29, 1.82) is 0 Å². The molecule has 20 heavy (non-hydrogen) atoms. The molecule has 0 aromatic carbocycles. The number of aromatic nitrogens is 4. The van der Waals surface area contributed by atoms with Gasteiger partial charge in [0, 0.05) is 7.05 Å². The summed E-state index contributed by atoms with van der Waals surface area (Å²) in [6, 6.07) is 0. The number of hydrogen-bond donors (Lipinski definition) is 0. The van der Waals surface area contributed by atoms with E-state index in [1.807, 2.05) is 0 Å². The molecule has 108 valence electrons. The van der Waals surface area contributed by atoms with Crippen LogP contribution >= 0.6 is 0 Å². The van der Waals surface area contributed by atoms with Crippen LogP contribution in [0.3, 0.4) is 0 Å². The van der Waals surface area contributed by atoms with Crippen molar-refractivity contribution >= 4 is 17.0 Å². The lowest BCUT2D eigenvalue weighted by molar-refractivity contribution is -0.155. The Labute approximate surface area is 116 Å². The Morgan fingerprint density at radius 2 is 2.05 bits per heavy atom. The molecule has 0 saturated heterocycles. The third kappa shape index (κ3) is 2.71. The summed E-state index contributed by atoms with van der Waals surface area (Å²) in [5.41, 5.74) is 0.737. The summed E-state index contributed by atoms with van der Waals surface area (Å²) in [4.78, 5) is 28.3. The Hall–Kier alpha value is -2.18. The Morgan fingerprint density at radius 1 is 1.40 bits per heavy atom. The van der Waals surface area contributed by atoms with E-state index in [1.165, 1.54) is 15.6 Å². The van der Waals surface area contributed by atoms with Crippen LogP contribution in [0.1, 0.15) is 26.5 Å². The van der Waals surface area contributed by atoms with Gasteiger partial charge in [-0.1, -0.05) is 0 Å². The summed E-state index contributed by atoms with van der Waals surface area (Å²) in [5.74, 6) is -0.473. The van der Waals surface area contributed by atoms with E-state index < -0.39 is 11.6 Å². The maximum Gasteiger partial charge on any atom is 0.326 e. The monoisotopic (exact) mass is 278 g/mol. The zero-order chi connectivity index (χ0) is 15.1. The van der Waals surface area contributed by atoms with E-state index in [1.54, 1.807) is 34.7 Å². The second kappa shape index (κ2) is 4.73. The van der Waals surface area contributed by atoms with Crippen LogP contribution < -0.4 is 5.56 Å². The molecule has 0 unspecified atom stereocenters. The Kier molecular flexibility index (Phi) is 3.37. The van der Waals surface area contributed by atoms with Gasteiger partial charge in [0.1, 0.15) is 17.7 Å². The predicted molar refractivity (Wildman–Crippen MR) is 73.4 cm³/mol. The van der Waals surface area contributed by atoms with Crippen molar-refractivity contribution in [3.05, 3.63) is 22.4 Å². The van der Waals surface area contributed by atoms with Gasteiger partial charge in [-0.15, -0.1) is 0 Å². The van der Waals surface area contributed by atoms with Crippen molar-refractivity contribution in [3.63, 3.8) is 0 Å². The Bertz CT molecular complexity index is 722. The average Bonchev–Trinajstić information content (AvgIpc) is 2.56. The summed E-state index contributed by atoms with van der Waals surface area (Å²) < 4.78 is 7.91. The smallest absolute Gasteiger partial charge is 0.326 e. The molecule has 2 aromatic heterocycles. The van der Waals surface area contributed by atoms with Crippen molar-refractivity contribution in [1.82, 2.24) is 19.3 Å². The molecule has 0 atom stereocenters. The topological polar surface area (TPSA) is 79.0 Å². The lowest BCUT2D eigenvalue weighted by Crippen LogP contribution is -2.31. The van der Waals surface area contributed by atoms with Crippen molar-refractivity contribution in [2.75, 3.05) is 0 Å². The van der Waals surface area contributed by atoms with Crippen molar-refractivity contribution in [2.24, 2.45) is 7.05 Å². The molecule has 0 saturated carbocycles. The van der Waals surface area contributed by atoms with Gasteiger partial charge in [0.2, 0.25) is 0 Å². The molecule has 0 fully saturated rings. The van der Waals surface area contributed by atoms with E-state index in [0.29, 0.717) is 16.7 Å². The second-order valence-corrected chi connectivity index (χ2v) is 5.67. The van der Waals surface area contributed by atoms with Gasteiger partial charge in [-0.3, -0.25) is 18.8 Å². The zero-order valence-electron chi connectivity index (χ0n) is 12.3. The summed E-state index contributed by atoms with van der Waals surface area (Å²) in [6.45, 7) is 6.95. The van der Waals surface area contributed by atoms with Crippen LogP contribution in [0.25, 0.3) is 11.0 Å². The van der Waals surface area contributed by atoms with Gasteiger partial charge in [-0.2, -0.15) is 5.10 Å². The molecule has 7 nitrogen and oxygen atoms in total. The standard InChI is InChI=1S/C13H18N4O3/c1-8-10-11(16(5)15-8)12(19)17(7-14-10)6-9(18)20-13(2,3)4/h7H,6H2,1-5H3. The first-order valence-corrected chi connectivity index (χ1v) is 6.29. The Morgan fingerprint density at radius 3 is 2.65 bits per heavy atom. The van der Waals surface area contributed by atoms with Crippen LogP contribution in [0.2, 0.25) is 0 Å². The minimum absolute atomic E-state index is 0.163. The van der Waals surface area contributed by atoms with Crippen LogP contribution in [0, 0.1) is 6.92 Å². The van der Waals surface area contributed by atoms with Gasteiger partial charge < -0.3 is 4.74 Å². The fraction of sp³-hybridized carbons (Fsp3) is 0.538. The van der Waals surface area contributed by atoms with Crippen LogP contribution in [-0.4, -0.2) is 30.9 Å². The van der Waals surface area contributed by atoms with Gasteiger partial charge in [-0.25, -0.2) is 4.98 Å². The molecule has 0 aliphatic heterocycles. The minimum Gasteiger partial charge on any atom is -0.459 e. The summed E-state index contributed by atoms with van der Waals surface area (Å²) in [6.07, 6.45) is 1.35. The van der Waals surface area contributed by atoms with E-state index in [-0.39, 0.29) is 12.1 Å². The summed E-state index contributed by atoms with van der Waals surface area (Å²) in [5, 5.41) is 4.16. The molecule has 0 aliphatic rings. The normalized spacial score (nSPS) is 11.8. The van der Waals surface area contributed by atoms with Crippen LogP contribution in [0.15, 0.2) is 11.1 Å². The number of esters is 1. The van der Waals surface area contributed by atoms with E-state index in [4.69, 9.17) is 4.74 Å². The largest absolute Gasteiger partial charge is 0.459 e. The lowest BCUT2D eigenvalue weighted by atomic mass is 10.2. The lowest BCUT2D eigenvalue weighted by Gasteiger charge is -2.19. The van der Waals surface area contributed by atoms with Crippen LogP contribution in [0.4, 0.5) is 0 Å². The highest BCUT2D eigenvalue weighted by Gasteiger charge is 2.18. The highest BCUT2D eigenvalue weighted by atomic mass is 16.6. The first kappa shape index (κ1) is 14.2. The van der Waals surface area contributed by atoms with Crippen LogP contribution in [-0.2, 0) is 23.1 Å². The molecule has 0 amide bonds. The van der Waals surface area contributed by atoms with Gasteiger partial charge in [0.05, 0.1) is 12.0 Å². The molecular weight excluding hydrogens is 260 g/mol. The molecule has 0 bridgehead atoms. The maximum absolute atomic E-state index is 12.3. The van der Waals surface area contributed by atoms with Crippen molar-refractivity contribution in [3.8, 4) is 0 Å². The SMILES string of the molecule is Cc1nn(C)c2c(=O)n(CC(=O)OC(C)(C)C)cnc12. The number of carbonyl (C=O) groups is 1. The van der Waals surface area contributed by atoms with Crippen molar-refractivity contribution in [2.45, 2.75) is 39.8 Å². The second-order valence-electron chi connectivity index (χ2n) is 5.67. The van der Waals surface area contributed by atoms with E-state index in [9.17, 15) is 9.59 Å². The van der Waals surface area contributed by atoms with Gasteiger partial charge in [-0.05, 0) is 27.7 Å². The number of carbonyl (C=O) groups excluding carboxylic acids is 1. The minimum atomic E-state index is -0.582. The maximum atomic E-state index is 12.3. The summed E-state index contributed by atoms with van der Waals surface area (Å²) >= 11 is 0. The number of rotatable bonds is 2. The quantitative estimate of drug-likeness (QED) is 0.758. The highest BCUT2D eigenvalue weighted by Crippen LogP contribution is 2.10. The molecule has 0 spiro atoms. The molecule has 2 rings (SSSR count). The molecule has 0 aliphatic carbocycles. The van der Waals surface area contributed by atoms with E-state index in [0.717, 1.165) is 0 Å². The fourth-order valence-electron chi connectivity index (χ4n) is 1.98. The van der Waals surface area contributed by atoms with E-state index >= 15 is 0 Å². The third-order valence-electron chi connectivity index (χ3n) is 2.70. The Balaban J connectivity index is 2.37. The first-order valence-electron chi connectivity index (χ1n) is 6.29. The van der Waals surface area contributed by atoms with Gasteiger partial charge in [0.25, 0.3) is 5.56 Å². The number of nitrogens with zero attached hydrogens (tertiary/aromatic N) is 4. The molecule has 0 radical (unpaired) electrons. The molecule has 2 aromatic rings. The number of hydrogen-bond acceptors (Lipinski definition) is 5. The molecule has 7 heteroatoms. The predicted octanol–water partition coefficient (Wildman–Crippen LogP) is 0.780. The zero-order valence-corrected chi connectivity index (χ0v) is 12.3. The number of fused-ring (bicyclic) bond motifs is 1. The highest BCUT2D eigenvalue weighted by molar-refractivity contribution is 5.76. The molecule has 2 heterocycles. The van der Waals surface area contributed by atoms with Crippen LogP contribution in [0.5, 0.6) is 0 Å². The average molecular weight is 278 g/mol.